The minimum absolute atomic E-state index is 0.0518. The highest BCUT2D eigenvalue weighted by atomic mass is 16.6. The van der Waals surface area contributed by atoms with Gasteiger partial charge in [-0.05, 0) is 67.2 Å². The minimum atomic E-state index is -0.485. The highest BCUT2D eigenvalue weighted by molar-refractivity contribution is 5.68. The number of nitrogens with zero attached hydrogens (tertiary/aromatic N) is 2. The molecule has 0 aromatic heterocycles. The van der Waals surface area contributed by atoms with Crippen LogP contribution in [-0.4, -0.2) is 72.8 Å². The molecule has 23 heavy (non-hydrogen) atoms. The maximum atomic E-state index is 12.0. The van der Waals surface area contributed by atoms with Gasteiger partial charge in [-0.2, -0.15) is 0 Å². The van der Waals surface area contributed by atoms with Gasteiger partial charge in [0.2, 0.25) is 0 Å². The van der Waals surface area contributed by atoms with E-state index in [0.717, 1.165) is 32.5 Å². The Hall–Kier alpha value is -0.850. The predicted molar refractivity (Wildman–Crippen MR) is 94.6 cm³/mol. The third kappa shape index (κ3) is 6.65. The number of piperidine rings is 1. The molecular formula is C17H36N4O2. The first kappa shape index (κ1) is 20.2. The number of likely N-dealkylation sites (tertiary alicyclic amines) is 1. The number of carbonyl (C=O) groups is 1. The fraction of sp³-hybridized carbons (Fsp3) is 0.941. The van der Waals surface area contributed by atoms with Gasteiger partial charge in [0.25, 0.3) is 0 Å². The smallest absolute Gasteiger partial charge is 0.407 e. The summed E-state index contributed by atoms with van der Waals surface area (Å²) in [4.78, 5) is 16.8. The van der Waals surface area contributed by atoms with Gasteiger partial charge in [0.05, 0.1) is 0 Å². The molecule has 0 aromatic rings. The van der Waals surface area contributed by atoms with E-state index in [2.05, 4.69) is 29.1 Å². The lowest BCUT2D eigenvalue weighted by atomic mass is 9.99. The molecule has 2 atom stereocenters. The van der Waals surface area contributed by atoms with E-state index in [0.29, 0.717) is 12.6 Å². The van der Waals surface area contributed by atoms with Crippen LogP contribution in [0.4, 0.5) is 4.79 Å². The first-order valence-corrected chi connectivity index (χ1v) is 8.81. The number of hydrogen-bond acceptors (Lipinski definition) is 5. The maximum Gasteiger partial charge on any atom is 0.407 e. The summed E-state index contributed by atoms with van der Waals surface area (Å²) in [5.41, 5.74) is 5.51. The van der Waals surface area contributed by atoms with Gasteiger partial charge in [-0.15, -0.1) is 0 Å². The van der Waals surface area contributed by atoms with E-state index in [-0.39, 0.29) is 18.2 Å². The Morgan fingerprint density at radius 1 is 1.39 bits per heavy atom. The van der Waals surface area contributed by atoms with Gasteiger partial charge in [-0.1, -0.05) is 6.92 Å². The van der Waals surface area contributed by atoms with Gasteiger partial charge in [-0.3, -0.25) is 4.90 Å². The van der Waals surface area contributed by atoms with Crippen LogP contribution in [0.5, 0.6) is 0 Å². The lowest BCUT2D eigenvalue weighted by Crippen LogP contribution is -2.57. The van der Waals surface area contributed by atoms with Crippen molar-refractivity contribution in [1.82, 2.24) is 15.1 Å². The largest absolute Gasteiger partial charge is 0.444 e. The Labute approximate surface area is 141 Å². The van der Waals surface area contributed by atoms with Crippen molar-refractivity contribution in [2.24, 2.45) is 5.73 Å². The molecule has 6 heteroatoms. The van der Waals surface area contributed by atoms with Gasteiger partial charge in [0.15, 0.2) is 0 Å². The molecule has 1 amide bonds. The van der Waals surface area contributed by atoms with Gasteiger partial charge in [0, 0.05) is 24.7 Å². The Balaban J connectivity index is 2.55. The Kier molecular flexibility index (Phi) is 7.77. The molecule has 0 aliphatic carbocycles. The number of ether oxygens (including phenoxy) is 1. The zero-order valence-electron chi connectivity index (χ0n) is 15.8. The van der Waals surface area contributed by atoms with Crippen LogP contribution in [0.2, 0.25) is 0 Å². The quantitative estimate of drug-likeness (QED) is 0.776. The first-order valence-electron chi connectivity index (χ1n) is 8.81. The van der Waals surface area contributed by atoms with Crippen LogP contribution in [-0.2, 0) is 4.74 Å². The summed E-state index contributed by atoms with van der Waals surface area (Å²) in [6, 6.07) is 0.582. The van der Waals surface area contributed by atoms with Crippen molar-refractivity contribution in [2.45, 2.75) is 71.2 Å². The fourth-order valence-corrected chi connectivity index (χ4v) is 3.23. The minimum Gasteiger partial charge on any atom is -0.444 e. The summed E-state index contributed by atoms with van der Waals surface area (Å²) in [7, 11) is 2.12. The van der Waals surface area contributed by atoms with Crippen molar-refractivity contribution in [3.8, 4) is 0 Å². The normalized spacial score (nSPS) is 20.3. The zero-order chi connectivity index (χ0) is 17.6. The SMILES string of the molecule is CCN1CCC(N(C)C(CN)C(C)NC(=O)OC(C)(C)C)CC1. The molecule has 0 bridgehead atoms. The lowest BCUT2D eigenvalue weighted by Gasteiger charge is -2.41. The highest BCUT2D eigenvalue weighted by Crippen LogP contribution is 2.18. The molecule has 1 rings (SSSR count). The van der Waals surface area contributed by atoms with Gasteiger partial charge < -0.3 is 20.7 Å². The topological polar surface area (TPSA) is 70.8 Å². The number of carbonyl (C=O) groups excluding carboxylic acids is 1. The molecule has 0 spiro atoms. The van der Waals surface area contributed by atoms with Crippen LogP contribution in [0, 0.1) is 0 Å². The average molecular weight is 329 g/mol. The van der Waals surface area contributed by atoms with Crippen LogP contribution in [0.15, 0.2) is 0 Å². The van der Waals surface area contributed by atoms with Crippen LogP contribution < -0.4 is 11.1 Å². The van der Waals surface area contributed by atoms with Crippen LogP contribution >= 0.6 is 0 Å². The van der Waals surface area contributed by atoms with E-state index in [1.807, 2.05) is 27.7 Å². The van der Waals surface area contributed by atoms with Crippen LogP contribution in [0.25, 0.3) is 0 Å². The molecule has 1 heterocycles. The third-order valence-corrected chi connectivity index (χ3v) is 4.67. The number of nitrogens with one attached hydrogen (secondary N) is 1. The van der Waals surface area contributed by atoms with Gasteiger partial charge >= 0.3 is 6.09 Å². The summed E-state index contributed by atoms with van der Waals surface area (Å²) >= 11 is 0. The van der Waals surface area contributed by atoms with E-state index in [9.17, 15) is 4.79 Å². The summed E-state index contributed by atoms with van der Waals surface area (Å²) in [6.07, 6.45) is 1.93. The molecule has 2 unspecified atom stereocenters. The summed E-state index contributed by atoms with van der Waals surface area (Å²) in [5.74, 6) is 0. The Morgan fingerprint density at radius 3 is 2.39 bits per heavy atom. The molecule has 0 radical (unpaired) electrons. The maximum absolute atomic E-state index is 12.0. The number of hydrogen-bond donors (Lipinski definition) is 2. The second-order valence-corrected chi connectivity index (χ2v) is 7.57. The van der Waals surface area contributed by atoms with E-state index < -0.39 is 5.60 Å². The molecule has 0 saturated carbocycles. The first-order chi connectivity index (χ1) is 10.7. The van der Waals surface area contributed by atoms with Crippen molar-refractivity contribution >= 4 is 6.09 Å². The van der Waals surface area contributed by atoms with E-state index in [1.54, 1.807) is 0 Å². The molecule has 1 fully saturated rings. The molecule has 0 aromatic carbocycles. The van der Waals surface area contributed by atoms with Gasteiger partial charge in [-0.25, -0.2) is 4.79 Å². The van der Waals surface area contributed by atoms with Crippen molar-refractivity contribution in [3.05, 3.63) is 0 Å². The number of amides is 1. The van der Waals surface area contributed by atoms with Crippen LogP contribution in [0.3, 0.4) is 0 Å². The number of rotatable bonds is 6. The highest BCUT2D eigenvalue weighted by Gasteiger charge is 2.30. The number of nitrogens with two attached hydrogens (primary N) is 1. The van der Waals surface area contributed by atoms with Gasteiger partial charge in [0.1, 0.15) is 5.60 Å². The van der Waals surface area contributed by atoms with E-state index in [1.165, 1.54) is 0 Å². The summed E-state index contributed by atoms with van der Waals surface area (Å²) in [5, 5.41) is 2.93. The van der Waals surface area contributed by atoms with Crippen molar-refractivity contribution in [1.29, 1.82) is 0 Å². The van der Waals surface area contributed by atoms with E-state index >= 15 is 0 Å². The monoisotopic (exact) mass is 328 g/mol. The van der Waals surface area contributed by atoms with Crippen molar-refractivity contribution in [2.75, 3.05) is 33.2 Å². The third-order valence-electron chi connectivity index (χ3n) is 4.67. The second kappa shape index (κ2) is 8.85. The molecular weight excluding hydrogens is 292 g/mol. The molecule has 1 aliphatic heterocycles. The Bertz CT molecular complexity index is 362. The number of likely N-dealkylation sites (N-methyl/N-ethyl adjacent to an activating group) is 1. The second-order valence-electron chi connectivity index (χ2n) is 7.57. The Morgan fingerprint density at radius 2 is 1.96 bits per heavy atom. The fourth-order valence-electron chi connectivity index (χ4n) is 3.23. The molecule has 136 valence electrons. The van der Waals surface area contributed by atoms with Crippen LogP contribution in [0.1, 0.15) is 47.5 Å². The predicted octanol–water partition coefficient (Wildman–Crippen LogP) is 1.64. The molecule has 3 N–H and O–H groups in total. The summed E-state index contributed by atoms with van der Waals surface area (Å²) < 4.78 is 5.34. The molecule has 6 nitrogen and oxygen atoms in total. The molecule has 1 aliphatic rings. The van der Waals surface area contributed by atoms with Crippen molar-refractivity contribution < 1.29 is 9.53 Å². The standard InChI is InChI=1S/C17H36N4O2/c1-7-21-10-8-14(9-11-21)20(6)15(12-18)13(2)19-16(22)23-17(3,4)5/h13-15H,7-12,18H2,1-6H3,(H,19,22). The average Bonchev–Trinajstić information content (AvgIpc) is 2.45. The van der Waals surface area contributed by atoms with Crippen molar-refractivity contribution in [3.63, 3.8) is 0 Å². The number of alkyl carbamates (subject to hydrolysis) is 1. The lowest BCUT2D eigenvalue weighted by molar-refractivity contribution is 0.0435. The molecule has 1 saturated heterocycles. The van der Waals surface area contributed by atoms with E-state index in [4.69, 9.17) is 10.5 Å². The zero-order valence-corrected chi connectivity index (χ0v) is 15.8. The summed E-state index contributed by atoms with van der Waals surface area (Å²) in [6.45, 7) is 13.7.